The number of fused-ring (bicyclic) bond motifs is 1. The first-order valence-corrected chi connectivity index (χ1v) is 6.56. The van der Waals surface area contributed by atoms with E-state index in [1.807, 2.05) is 25.1 Å². The highest BCUT2D eigenvalue weighted by molar-refractivity contribution is 5.75. The molecule has 0 saturated heterocycles. The van der Waals surface area contributed by atoms with E-state index in [1.54, 1.807) is 0 Å². The van der Waals surface area contributed by atoms with Gasteiger partial charge in [-0.05, 0) is 37.5 Å². The Morgan fingerprint density at radius 3 is 3.00 bits per heavy atom. The molecule has 0 spiro atoms. The molecule has 0 aliphatic carbocycles. The zero-order chi connectivity index (χ0) is 13.7. The number of carbonyl (C=O) groups is 1. The van der Waals surface area contributed by atoms with Crippen LogP contribution in [0.4, 0.5) is 0 Å². The summed E-state index contributed by atoms with van der Waals surface area (Å²) in [5, 5.41) is 2.89. The molecular weight excluding hydrogens is 244 g/mol. The maximum absolute atomic E-state index is 11.6. The fraction of sp³-hybridized carbons (Fsp3) is 0.500. The van der Waals surface area contributed by atoms with Crippen LogP contribution < -0.4 is 20.5 Å². The van der Waals surface area contributed by atoms with Crippen LogP contribution in [0.3, 0.4) is 0 Å². The second kappa shape index (κ2) is 6.43. The van der Waals surface area contributed by atoms with Crippen molar-refractivity contribution in [2.75, 3.05) is 6.79 Å². The second-order valence-corrected chi connectivity index (χ2v) is 4.83. The summed E-state index contributed by atoms with van der Waals surface area (Å²) >= 11 is 0. The third-order valence-electron chi connectivity index (χ3n) is 2.99. The van der Waals surface area contributed by atoms with E-state index >= 15 is 0 Å². The van der Waals surface area contributed by atoms with Crippen molar-refractivity contribution < 1.29 is 14.3 Å². The predicted molar refractivity (Wildman–Crippen MR) is 71.9 cm³/mol. The van der Waals surface area contributed by atoms with Crippen LogP contribution >= 0.6 is 0 Å². The lowest BCUT2D eigenvalue weighted by molar-refractivity contribution is -0.121. The molecule has 1 aromatic carbocycles. The molecule has 1 heterocycles. The standard InChI is InChI=1S/C14H20N2O3/c1-10(15)3-2-4-14(17)16-8-11-5-6-12-13(7-11)19-9-18-12/h5-7,10H,2-4,8-9,15H2,1H3,(H,16,17). The molecule has 1 aromatic rings. The Kier molecular flexibility index (Phi) is 4.63. The van der Waals surface area contributed by atoms with Gasteiger partial charge in [0.2, 0.25) is 12.7 Å². The lowest BCUT2D eigenvalue weighted by Crippen LogP contribution is -2.23. The molecule has 1 atom stereocenters. The van der Waals surface area contributed by atoms with Crippen LogP contribution in [-0.2, 0) is 11.3 Å². The summed E-state index contributed by atoms with van der Waals surface area (Å²) in [5.41, 5.74) is 6.64. The van der Waals surface area contributed by atoms with Gasteiger partial charge in [-0.3, -0.25) is 4.79 Å². The Morgan fingerprint density at radius 1 is 1.42 bits per heavy atom. The van der Waals surface area contributed by atoms with Gasteiger partial charge in [0.1, 0.15) is 0 Å². The molecule has 1 aliphatic heterocycles. The van der Waals surface area contributed by atoms with E-state index in [2.05, 4.69) is 5.32 Å². The fourth-order valence-corrected chi connectivity index (χ4v) is 1.92. The van der Waals surface area contributed by atoms with E-state index in [0.717, 1.165) is 29.9 Å². The lowest BCUT2D eigenvalue weighted by Gasteiger charge is -2.07. The van der Waals surface area contributed by atoms with E-state index < -0.39 is 0 Å². The fourth-order valence-electron chi connectivity index (χ4n) is 1.92. The number of carbonyl (C=O) groups excluding carboxylic acids is 1. The van der Waals surface area contributed by atoms with Crippen LogP contribution in [0.15, 0.2) is 18.2 Å². The molecule has 1 unspecified atom stereocenters. The highest BCUT2D eigenvalue weighted by atomic mass is 16.7. The van der Waals surface area contributed by atoms with E-state index in [0.29, 0.717) is 13.0 Å². The van der Waals surface area contributed by atoms with Crippen molar-refractivity contribution in [2.24, 2.45) is 5.73 Å². The first-order chi connectivity index (χ1) is 9.15. The summed E-state index contributed by atoms with van der Waals surface area (Å²) in [7, 11) is 0. The number of hydrogen-bond donors (Lipinski definition) is 2. The molecule has 1 amide bonds. The summed E-state index contributed by atoms with van der Waals surface area (Å²) in [6.45, 7) is 2.72. The van der Waals surface area contributed by atoms with Gasteiger partial charge in [-0.25, -0.2) is 0 Å². The van der Waals surface area contributed by atoms with Gasteiger partial charge in [-0.2, -0.15) is 0 Å². The molecule has 0 aromatic heterocycles. The van der Waals surface area contributed by atoms with Crippen LogP contribution in [0.25, 0.3) is 0 Å². The molecule has 0 saturated carbocycles. The number of ether oxygens (including phenoxy) is 2. The lowest BCUT2D eigenvalue weighted by atomic mass is 10.1. The number of nitrogens with two attached hydrogens (primary N) is 1. The van der Waals surface area contributed by atoms with Crippen molar-refractivity contribution in [1.82, 2.24) is 5.32 Å². The Bertz CT molecular complexity index is 446. The molecule has 1 aliphatic rings. The highest BCUT2D eigenvalue weighted by Crippen LogP contribution is 2.32. The van der Waals surface area contributed by atoms with Crippen molar-refractivity contribution in [3.8, 4) is 11.5 Å². The van der Waals surface area contributed by atoms with Crippen LogP contribution in [0.1, 0.15) is 31.7 Å². The van der Waals surface area contributed by atoms with Crippen LogP contribution in [-0.4, -0.2) is 18.7 Å². The first kappa shape index (κ1) is 13.7. The van der Waals surface area contributed by atoms with Crippen molar-refractivity contribution >= 4 is 5.91 Å². The Balaban J connectivity index is 1.74. The molecule has 19 heavy (non-hydrogen) atoms. The van der Waals surface area contributed by atoms with Gasteiger partial charge >= 0.3 is 0 Å². The van der Waals surface area contributed by atoms with Crippen LogP contribution in [0, 0.1) is 0 Å². The topological polar surface area (TPSA) is 73.6 Å². The molecule has 2 rings (SSSR count). The minimum Gasteiger partial charge on any atom is -0.454 e. The van der Waals surface area contributed by atoms with Crippen molar-refractivity contribution in [3.05, 3.63) is 23.8 Å². The van der Waals surface area contributed by atoms with Gasteiger partial charge in [-0.1, -0.05) is 6.07 Å². The van der Waals surface area contributed by atoms with Gasteiger partial charge in [-0.15, -0.1) is 0 Å². The van der Waals surface area contributed by atoms with Crippen molar-refractivity contribution in [1.29, 1.82) is 0 Å². The van der Waals surface area contributed by atoms with Gasteiger partial charge in [0.15, 0.2) is 11.5 Å². The number of benzene rings is 1. The Morgan fingerprint density at radius 2 is 2.21 bits per heavy atom. The molecule has 0 bridgehead atoms. The maximum Gasteiger partial charge on any atom is 0.231 e. The minimum absolute atomic E-state index is 0.0540. The molecule has 0 fully saturated rings. The smallest absolute Gasteiger partial charge is 0.231 e. The zero-order valence-electron chi connectivity index (χ0n) is 11.1. The second-order valence-electron chi connectivity index (χ2n) is 4.83. The average Bonchev–Trinajstić information content (AvgIpc) is 2.83. The van der Waals surface area contributed by atoms with Crippen LogP contribution in [0.2, 0.25) is 0 Å². The Hall–Kier alpha value is -1.75. The van der Waals surface area contributed by atoms with Crippen LogP contribution in [0.5, 0.6) is 11.5 Å². The number of rotatable bonds is 6. The van der Waals surface area contributed by atoms with Gasteiger partial charge in [0.05, 0.1) is 0 Å². The molecule has 5 heteroatoms. The third kappa shape index (κ3) is 4.13. The van der Waals surface area contributed by atoms with Gasteiger partial charge in [0.25, 0.3) is 0 Å². The van der Waals surface area contributed by atoms with E-state index in [9.17, 15) is 4.79 Å². The third-order valence-corrected chi connectivity index (χ3v) is 2.99. The summed E-state index contributed by atoms with van der Waals surface area (Å²) in [6.07, 6.45) is 2.22. The number of amides is 1. The van der Waals surface area contributed by atoms with Crippen molar-refractivity contribution in [2.45, 2.75) is 38.8 Å². The first-order valence-electron chi connectivity index (χ1n) is 6.56. The monoisotopic (exact) mass is 264 g/mol. The quantitative estimate of drug-likeness (QED) is 0.817. The zero-order valence-corrected chi connectivity index (χ0v) is 11.1. The minimum atomic E-state index is 0.0540. The van der Waals surface area contributed by atoms with E-state index in [4.69, 9.17) is 15.2 Å². The normalized spacial score (nSPS) is 14.2. The summed E-state index contributed by atoms with van der Waals surface area (Å²) in [4.78, 5) is 11.6. The average molecular weight is 264 g/mol. The largest absolute Gasteiger partial charge is 0.454 e. The molecule has 0 radical (unpaired) electrons. The van der Waals surface area contributed by atoms with E-state index in [1.165, 1.54) is 0 Å². The Labute approximate surface area is 113 Å². The summed E-state index contributed by atoms with van der Waals surface area (Å²) in [5.74, 6) is 1.55. The van der Waals surface area contributed by atoms with Crippen molar-refractivity contribution in [3.63, 3.8) is 0 Å². The maximum atomic E-state index is 11.6. The molecule has 5 nitrogen and oxygen atoms in total. The predicted octanol–water partition coefficient (Wildman–Crippen LogP) is 1.55. The van der Waals surface area contributed by atoms with Gasteiger partial charge in [0, 0.05) is 19.0 Å². The molecule has 104 valence electrons. The summed E-state index contributed by atoms with van der Waals surface area (Å²) in [6, 6.07) is 5.84. The SMILES string of the molecule is CC(N)CCCC(=O)NCc1ccc2c(c1)OCO2. The van der Waals surface area contributed by atoms with Gasteiger partial charge < -0.3 is 20.5 Å². The van der Waals surface area contributed by atoms with E-state index in [-0.39, 0.29) is 18.7 Å². The highest BCUT2D eigenvalue weighted by Gasteiger charge is 2.13. The summed E-state index contributed by atoms with van der Waals surface area (Å²) < 4.78 is 10.5. The molecular formula is C14H20N2O3. The molecule has 3 N–H and O–H groups in total. The number of nitrogens with one attached hydrogen (secondary N) is 1. The number of hydrogen-bond acceptors (Lipinski definition) is 4.